The summed E-state index contributed by atoms with van der Waals surface area (Å²) in [6, 6.07) is 6.05. The molecule has 1 amide bonds. The average Bonchev–Trinajstić information content (AvgIpc) is 3.01. The van der Waals surface area contributed by atoms with Crippen LogP contribution in [0, 0.1) is 0 Å². The zero-order chi connectivity index (χ0) is 20.3. The van der Waals surface area contributed by atoms with Crippen molar-refractivity contribution in [3.8, 4) is 0 Å². The van der Waals surface area contributed by atoms with Gasteiger partial charge in [0, 0.05) is 36.3 Å². The van der Waals surface area contributed by atoms with Gasteiger partial charge in [-0.05, 0) is 37.5 Å². The van der Waals surface area contributed by atoms with E-state index in [1.165, 1.54) is 19.1 Å². The number of pyridine rings is 1. The molecule has 0 spiro atoms. The van der Waals surface area contributed by atoms with Crippen LogP contribution in [-0.2, 0) is 22.6 Å². The molecule has 0 radical (unpaired) electrons. The van der Waals surface area contributed by atoms with Crippen molar-refractivity contribution in [2.45, 2.75) is 46.1 Å². The molecule has 1 aromatic carbocycles. The molecule has 0 aliphatic carbocycles. The Morgan fingerprint density at radius 3 is 2.79 bits per heavy atom. The normalized spacial score (nSPS) is 11.4. The van der Waals surface area contributed by atoms with Gasteiger partial charge in [0.1, 0.15) is 11.3 Å². The van der Waals surface area contributed by atoms with Gasteiger partial charge in [0.25, 0.3) is 0 Å². The lowest BCUT2D eigenvalue weighted by molar-refractivity contribution is -0.173. The number of nitrogen functional groups attached to an aromatic ring is 1. The number of hydroxylamine groups is 2. The second-order valence-electron chi connectivity index (χ2n) is 6.80. The highest BCUT2D eigenvalue weighted by Crippen LogP contribution is 2.31. The van der Waals surface area contributed by atoms with Crippen molar-refractivity contribution in [3.63, 3.8) is 0 Å². The summed E-state index contributed by atoms with van der Waals surface area (Å²) >= 11 is 3.51. The molecule has 28 heavy (non-hydrogen) atoms. The molecule has 0 bridgehead atoms. The summed E-state index contributed by atoms with van der Waals surface area (Å²) < 4.78 is 3.23. The number of nitrogens with zero attached hydrogens (tertiary/aromatic N) is 4. The van der Waals surface area contributed by atoms with E-state index >= 15 is 0 Å². The molecule has 7 nitrogen and oxygen atoms in total. The highest BCUT2D eigenvalue weighted by molar-refractivity contribution is 9.10. The summed E-state index contributed by atoms with van der Waals surface area (Å²) in [5.74, 6) is 1.40. The summed E-state index contributed by atoms with van der Waals surface area (Å²) in [5.41, 5.74) is 8.89. The molecule has 0 aliphatic rings. The number of carbonyl (C=O) groups excluding carboxylic acids is 1. The molecule has 0 fully saturated rings. The average molecular weight is 448 g/mol. The molecule has 0 saturated carbocycles. The molecular weight excluding hydrogens is 422 g/mol. The van der Waals surface area contributed by atoms with Gasteiger partial charge in [-0.2, -0.15) is 0 Å². The Morgan fingerprint density at radius 1 is 1.32 bits per heavy atom. The molecule has 2 heterocycles. The monoisotopic (exact) mass is 447 g/mol. The number of benzene rings is 1. The van der Waals surface area contributed by atoms with Crippen LogP contribution < -0.4 is 5.73 Å². The fraction of sp³-hybridized carbons (Fsp3) is 0.450. The van der Waals surface area contributed by atoms with Crippen molar-refractivity contribution in [3.05, 3.63) is 28.5 Å². The van der Waals surface area contributed by atoms with Gasteiger partial charge >= 0.3 is 0 Å². The van der Waals surface area contributed by atoms with E-state index in [0.717, 1.165) is 64.5 Å². The predicted octanol–water partition coefficient (Wildman–Crippen LogP) is 4.07. The molecule has 3 rings (SSSR count). The van der Waals surface area contributed by atoms with Gasteiger partial charge in [-0.25, -0.2) is 15.0 Å². The zero-order valence-corrected chi connectivity index (χ0v) is 18.1. The fourth-order valence-corrected chi connectivity index (χ4v) is 3.84. The van der Waals surface area contributed by atoms with Gasteiger partial charge in [-0.3, -0.25) is 9.63 Å². The van der Waals surface area contributed by atoms with E-state index in [1.807, 2.05) is 12.1 Å². The largest absolute Gasteiger partial charge is 0.382 e. The lowest BCUT2D eigenvalue weighted by atomic mass is 10.2. The number of aromatic nitrogens is 3. The van der Waals surface area contributed by atoms with Crippen molar-refractivity contribution in [2.75, 3.05) is 19.4 Å². The third kappa shape index (κ3) is 4.12. The van der Waals surface area contributed by atoms with Crippen molar-refractivity contribution >= 4 is 49.6 Å². The van der Waals surface area contributed by atoms with Gasteiger partial charge in [-0.15, -0.1) is 0 Å². The number of anilines is 1. The molecule has 0 aliphatic heterocycles. The molecule has 0 saturated heterocycles. The Labute approximate surface area is 172 Å². The third-order valence-electron chi connectivity index (χ3n) is 4.78. The molecule has 150 valence electrons. The van der Waals surface area contributed by atoms with Gasteiger partial charge in [0.2, 0.25) is 5.91 Å². The van der Waals surface area contributed by atoms with E-state index in [9.17, 15) is 4.79 Å². The second-order valence-corrected chi connectivity index (χ2v) is 7.71. The molecule has 0 unspecified atom stereocenters. The van der Waals surface area contributed by atoms with E-state index in [-0.39, 0.29) is 5.91 Å². The maximum absolute atomic E-state index is 11.5. The first-order valence-corrected chi connectivity index (χ1v) is 10.3. The Kier molecular flexibility index (Phi) is 6.51. The first-order chi connectivity index (χ1) is 13.5. The van der Waals surface area contributed by atoms with Crippen molar-refractivity contribution in [1.29, 1.82) is 0 Å². The summed E-state index contributed by atoms with van der Waals surface area (Å²) in [5, 5.41) is 2.43. The van der Waals surface area contributed by atoms with Crippen molar-refractivity contribution in [2.24, 2.45) is 0 Å². The molecule has 0 atom stereocenters. The number of amides is 1. The molecule has 8 heteroatoms. The highest BCUT2D eigenvalue weighted by atomic mass is 79.9. The number of rotatable bonds is 8. The number of fused-ring (bicyclic) bond motifs is 3. The standard InChI is InChI=1S/C20H26BrN5O2/c1-4-7-17-24-18-19(15-9-8-14(21)12-16(15)23-20(18)22)25(17)10-5-6-11-26(28-3)13(2)27/h8-9,12H,4-7,10-11H2,1-3H3,(H2,22,23). The van der Waals surface area contributed by atoms with E-state index < -0.39 is 0 Å². The lowest BCUT2D eigenvalue weighted by Gasteiger charge is -2.17. The van der Waals surface area contributed by atoms with Gasteiger partial charge in [0.05, 0.1) is 18.1 Å². The van der Waals surface area contributed by atoms with Crippen LogP contribution in [0.5, 0.6) is 0 Å². The van der Waals surface area contributed by atoms with Crippen LogP contribution in [0.3, 0.4) is 0 Å². The van der Waals surface area contributed by atoms with E-state index in [0.29, 0.717) is 12.4 Å². The minimum Gasteiger partial charge on any atom is -0.382 e. The summed E-state index contributed by atoms with van der Waals surface area (Å²) in [6.45, 7) is 5.02. The molecule has 3 aromatic rings. The minimum atomic E-state index is -0.0855. The topological polar surface area (TPSA) is 86.3 Å². The van der Waals surface area contributed by atoms with Crippen LogP contribution in [0.25, 0.3) is 21.9 Å². The molecular formula is C20H26BrN5O2. The predicted molar refractivity (Wildman–Crippen MR) is 115 cm³/mol. The SMILES string of the molecule is CCCc1nc2c(N)nc3cc(Br)ccc3c2n1CCCCN(OC)C(C)=O. The number of carbonyl (C=O) groups is 1. The van der Waals surface area contributed by atoms with Gasteiger partial charge in [-0.1, -0.05) is 22.9 Å². The second kappa shape index (κ2) is 8.87. The maximum Gasteiger partial charge on any atom is 0.242 e. The smallest absolute Gasteiger partial charge is 0.242 e. The highest BCUT2D eigenvalue weighted by Gasteiger charge is 2.17. The van der Waals surface area contributed by atoms with E-state index in [2.05, 4.69) is 38.5 Å². The van der Waals surface area contributed by atoms with Crippen LogP contribution in [-0.4, -0.2) is 39.2 Å². The first kappa shape index (κ1) is 20.5. The third-order valence-corrected chi connectivity index (χ3v) is 5.28. The fourth-order valence-electron chi connectivity index (χ4n) is 3.49. The summed E-state index contributed by atoms with van der Waals surface area (Å²) in [4.78, 5) is 25.9. The van der Waals surface area contributed by atoms with Crippen molar-refractivity contribution in [1.82, 2.24) is 19.6 Å². The lowest BCUT2D eigenvalue weighted by Crippen LogP contribution is -2.28. The maximum atomic E-state index is 11.5. The first-order valence-electron chi connectivity index (χ1n) is 9.52. The Bertz CT molecular complexity index is 1000. The number of aryl methyl sites for hydroxylation is 2. The number of imidazole rings is 1. The van der Waals surface area contributed by atoms with E-state index in [1.54, 1.807) is 0 Å². The Hall–Kier alpha value is -2.19. The molecule has 2 N–H and O–H groups in total. The quantitative estimate of drug-likeness (QED) is 0.415. The number of hydrogen-bond acceptors (Lipinski definition) is 5. The minimum absolute atomic E-state index is 0.0855. The zero-order valence-electron chi connectivity index (χ0n) is 16.5. The van der Waals surface area contributed by atoms with Gasteiger partial charge < -0.3 is 10.3 Å². The van der Waals surface area contributed by atoms with Crippen LogP contribution >= 0.6 is 15.9 Å². The van der Waals surface area contributed by atoms with Crippen LogP contribution in [0.2, 0.25) is 0 Å². The molecule has 2 aromatic heterocycles. The van der Waals surface area contributed by atoms with Crippen LogP contribution in [0.1, 0.15) is 38.9 Å². The number of nitrogens with two attached hydrogens (primary N) is 1. The summed E-state index contributed by atoms with van der Waals surface area (Å²) in [6.07, 6.45) is 3.62. The number of halogens is 1. The van der Waals surface area contributed by atoms with Crippen LogP contribution in [0.4, 0.5) is 5.82 Å². The Morgan fingerprint density at radius 2 is 2.11 bits per heavy atom. The Balaban J connectivity index is 1.96. The number of unbranched alkanes of at least 4 members (excludes halogenated alkanes) is 1. The van der Waals surface area contributed by atoms with Gasteiger partial charge in [0.15, 0.2) is 5.82 Å². The number of hydrogen-bond donors (Lipinski definition) is 1. The summed E-state index contributed by atoms with van der Waals surface area (Å²) in [7, 11) is 1.52. The van der Waals surface area contributed by atoms with Crippen molar-refractivity contribution < 1.29 is 9.63 Å². The van der Waals surface area contributed by atoms with Crippen LogP contribution in [0.15, 0.2) is 22.7 Å². The van der Waals surface area contributed by atoms with E-state index in [4.69, 9.17) is 15.6 Å².